The largest absolute Gasteiger partial charge is 0.508 e. The number of benzene rings is 3. The molecule has 0 saturated heterocycles. The highest BCUT2D eigenvalue weighted by Crippen LogP contribution is 2.42. The average Bonchev–Trinajstić information content (AvgIpc) is 3.36. The number of phenols is 1. The van der Waals surface area contributed by atoms with Crippen LogP contribution in [0.5, 0.6) is 11.6 Å². The molecule has 0 aliphatic carbocycles. The lowest BCUT2D eigenvalue weighted by Gasteiger charge is -2.11. The Morgan fingerprint density at radius 3 is 2.27 bits per heavy atom. The monoisotopic (exact) mass is 475 g/mol. The standard InChI is InChI=1S/C26H18ClNO4S/c1-13-9-17(27)10-14(2)22(13)24(31)25-23(19-8-7-18(29)11-20(19)33-25)15-3-5-16(6-4-15)26-28-21(30)12-32-26/h3-12,29-30H,1-2H3. The zero-order valence-electron chi connectivity index (χ0n) is 17.7. The van der Waals surface area contributed by atoms with Crippen LogP contribution in [0, 0.1) is 13.8 Å². The minimum atomic E-state index is -0.181. The van der Waals surface area contributed by atoms with E-state index in [2.05, 4.69) is 4.98 Å². The Morgan fingerprint density at radius 1 is 0.970 bits per heavy atom. The number of thiophene rings is 1. The predicted octanol–water partition coefficient (Wildman–Crippen LogP) is 7.14. The number of aromatic hydroxyl groups is 2. The first-order valence-electron chi connectivity index (χ1n) is 10.1. The van der Waals surface area contributed by atoms with Crippen LogP contribution in [-0.4, -0.2) is 21.0 Å². The van der Waals surface area contributed by atoms with Crippen LogP contribution in [0.15, 0.2) is 65.3 Å². The van der Waals surface area contributed by atoms with Gasteiger partial charge in [-0.3, -0.25) is 4.79 Å². The summed E-state index contributed by atoms with van der Waals surface area (Å²) in [5.74, 6) is 0.188. The number of fused-ring (bicyclic) bond motifs is 1. The van der Waals surface area contributed by atoms with Crippen LogP contribution in [0.25, 0.3) is 32.7 Å². The lowest BCUT2D eigenvalue weighted by molar-refractivity contribution is 0.104. The molecule has 0 amide bonds. The normalized spacial score (nSPS) is 11.2. The van der Waals surface area contributed by atoms with Gasteiger partial charge in [0, 0.05) is 31.8 Å². The zero-order chi connectivity index (χ0) is 23.3. The number of halogens is 1. The Morgan fingerprint density at radius 2 is 1.64 bits per heavy atom. The molecule has 3 aromatic carbocycles. The van der Waals surface area contributed by atoms with Gasteiger partial charge in [0.25, 0.3) is 5.88 Å². The van der Waals surface area contributed by atoms with Gasteiger partial charge in [0.2, 0.25) is 11.7 Å². The van der Waals surface area contributed by atoms with Crippen molar-refractivity contribution in [1.29, 1.82) is 0 Å². The fraction of sp³-hybridized carbons (Fsp3) is 0.0769. The van der Waals surface area contributed by atoms with Crippen LogP contribution in [0.4, 0.5) is 0 Å². The smallest absolute Gasteiger partial charge is 0.250 e. The van der Waals surface area contributed by atoms with Crippen LogP contribution in [0.1, 0.15) is 26.4 Å². The number of phenolic OH excluding ortho intramolecular Hbond substituents is 1. The third-order valence-corrected chi connectivity index (χ3v) is 6.89. The van der Waals surface area contributed by atoms with E-state index in [1.54, 1.807) is 24.3 Å². The predicted molar refractivity (Wildman–Crippen MR) is 130 cm³/mol. The number of rotatable bonds is 4. The van der Waals surface area contributed by atoms with Gasteiger partial charge in [0.05, 0.1) is 4.88 Å². The third kappa shape index (κ3) is 3.77. The van der Waals surface area contributed by atoms with Crippen LogP contribution in [-0.2, 0) is 0 Å². The second-order valence-corrected chi connectivity index (χ2v) is 9.31. The molecule has 0 bridgehead atoms. The Balaban J connectivity index is 1.69. The molecule has 7 heteroatoms. The number of hydrogen-bond acceptors (Lipinski definition) is 6. The molecule has 0 atom stereocenters. The van der Waals surface area contributed by atoms with Crippen molar-refractivity contribution in [2.45, 2.75) is 13.8 Å². The summed E-state index contributed by atoms with van der Waals surface area (Å²) in [4.78, 5) is 18.3. The molecule has 5 rings (SSSR count). The molecule has 0 aliphatic rings. The van der Waals surface area contributed by atoms with Gasteiger partial charge in [-0.15, -0.1) is 11.3 Å². The van der Waals surface area contributed by atoms with Crippen molar-refractivity contribution in [2.24, 2.45) is 0 Å². The molecule has 0 fully saturated rings. The zero-order valence-corrected chi connectivity index (χ0v) is 19.3. The maximum absolute atomic E-state index is 13.8. The van der Waals surface area contributed by atoms with E-state index in [1.165, 1.54) is 17.6 Å². The number of carbonyl (C=O) groups excluding carboxylic acids is 1. The maximum Gasteiger partial charge on any atom is 0.250 e. The van der Waals surface area contributed by atoms with Gasteiger partial charge < -0.3 is 14.6 Å². The molecule has 5 nitrogen and oxygen atoms in total. The summed E-state index contributed by atoms with van der Waals surface area (Å²) in [5, 5.41) is 20.9. The molecule has 164 valence electrons. The number of ketones is 1. The fourth-order valence-electron chi connectivity index (χ4n) is 4.09. The number of carbonyl (C=O) groups is 1. The summed E-state index contributed by atoms with van der Waals surface area (Å²) in [6, 6.07) is 16.2. The molecule has 5 aromatic rings. The molecule has 0 aliphatic heterocycles. The van der Waals surface area contributed by atoms with Crippen LogP contribution in [0.3, 0.4) is 0 Å². The minimum Gasteiger partial charge on any atom is -0.508 e. The highest BCUT2D eigenvalue weighted by Gasteiger charge is 2.24. The van der Waals surface area contributed by atoms with Crippen molar-refractivity contribution < 1.29 is 19.4 Å². The molecule has 2 N–H and O–H groups in total. The summed E-state index contributed by atoms with van der Waals surface area (Å²) >= 11 is 7.54. The van der Waals surface area contributed by atoms with Gasteiger partial charge in [0.1, 0.15) is 5.75 Å². The number of aryl methyl sites for hydroxylation is 2. The number of hydrogen-bond donors (Lipinski definition) is 2. The van der Waals surface area contributed by atoms with Gasteiger partial charge >= 0.3 is 0 Å². The molecule has 2 aromatic heterocycles. The Labute approximate surface area is 198 Å². The Hall–Kier alpha value is -3.61. The third-order valence-electron chi connectivity index (χ3n) is 5.52. The van der Waals surface area contributed by atoms with Crippen molar-refractivity contribution in [3.05, 3.63) is 87.5 Å². The van der Waals surface area contributed by atoms with Crippen molar-refractivity contribution in [3.63, 3.8) is 0 Å². The second-order valence-electron chi connectivity index (χ2n) is 7.82. The fourth-order valence-corrected chi connectivity index (χ4v) is 5.62. The second kappa shape index (κ2) is 8.06. The SMILES string of the molecule is Cc1cc(Cl)cc(C)c1C(=O)c1sc2cc(O)ccc2c1-c1ccc(-c2nc(O)co2)cc1. The average molecular weight is 476 g/mol. The van der Waals surface area contributed by atoms with Gasteiger partial charge in [-0.2, -0.15) is 4.98 Å². The van der Waals surface area contributed by atoms with Crippen LogP contribution < -0.4 is 0 Å². The van der Waals surface area contributed by atoms with E-state index in [1.807, 2.05) is 44.2 Å². The van der Waals surface area contributed by atoms with E-state index in [0.717, 1.165) is 32.3 Å². The maximum atomic E-state index is 13.8. The summed E-state index contributed by atoms with van der Waals surface area (Å²) in [7, 11) is 0. The van der Waals surface area contributed by atoms with Crippen molar-refractivity contribution in [1.82, 2.24) is 4.98 Å². The van der Waals surface area contributed by atoms with Crippen LogP contribution in [0.2, 0.25) is 5.02 Å². The van der Waals surface area contributed by atoms with Gasteiger partial charge in [-0.25, -0.2) is 0 Å². The van der Waals surface area contributed by atoms with E-state index in [9.17, 15) is 15.0 Å². The Kier molecular flexibility index (Phi) is 5.19. The van der Waals surface area contributed by atoms with E-state index >= 15 is 0 Å². The first-order chi connectivity index (χ1) is 15.8. The molecule has 0 spiro atoms. The van der Waals surface area contributed by atoms with Gasteiger partial charge in [-0.05, 0) is 73.0 Å². The highest BCUT2D eigenvalue weighted by molar-refractivity contribution is 7.21. The summed E-state index contributed by atoms with van der Waals surface area (Å²) in [6.07, 6.45) is 1.18. The lowest BCUT2D eigenvalue weighted by atomic mass is 9.93. The summed E-state index contributed by atoms with van der Waals surface area (Å²) in [5.41, 5.74) is 4.61. The molecular weight excluding hydrogens is 458 g/mol. The Bertz CT molecular complexity index is 1510. The molecule has 0 saturated carbocycles. The van der Waals surface area contributed by atoms with Crippen LogP contribution >= 0.6 is 22.9 Å². The number of aromatic nitrogens is 1. The molecule has 0 radical (unpaired) electrons. The van der Waals surface area contributed by atoms with Crippen molar-refractivity contribution >= 4 is 38.8 Å². The minimum absolute atomic E-state index is 0.0842. The van der Waals surface area contributed by atoms with Crippen molar-refractivity contribution in [2.75, 3.05) is 0 Å². The molecular formula is C26H18ClNO4S. The van der Waals surface area contributed by atoms with Gasteiger partial charge in [0.15, 0.2) is 6.26 Å². The first-order valence-corrected chi connectivity index (χ1v) is 11.3. The highest BCUT2D eigenvalue weighted by atomic mass is 35.5. The van der Waals surface area contributed by atoms with E-state index in [-0.39, 0.29) is 17.4 Å². The molecule has 2 heterocycles. The summed E-state index contributed by atoms with van der Waals surface area (Å²) in [6.45, 7) is 3.76. The molecule has 0 unspecified atom stereocenters. The number of nitrogens with zero attached hydrogens (tertiary/aromatic N) is 1. The topological polar surface area (TPSA) is 83.6 Å². The van der Waals surface area contributed by atoms with E-state index < -0.39 is 0 Å². The summed E-state index contributed by atoms with van der Waals surface area (Å²) < 4.78 is 6.09. The van der Waals surface area contributed by atoms with Gasteiger partial charge in [-0.1, -0.05) is 23.7 Å². The van der Waals surface area contributed by atoms with Crippen molar-refractivity contribution in [3.8, 4) is 34.2 Å². The lowest BCUT2D eigenvalue weighted by Crippen LogP contribution is -2.06. The van der Waals surface area contributed by atoms with E-state index in [0.29, 0.717) is 26.9 Å². The quantitative estimate of drug-likeness (QED) is 0.270. The van der Waals surface area contributed by atoms with E-state index in [4.69, 9.17) is 16.0 Å². The first kappa shape index (κ1) is 21.2. The molecule has 33 heavy (non-hydrogen) atoms. The number of oxazole rings is 1.